The van der Waals surface area contributed by atoms with Crippen LogP contribution in [0, 0.1) is 0 Å². The van der Waals surface area contributed by atoms with Gasteiger partial charge in [-0.1, -0.05) is 30.3 Å². The van der Waals surface area contributed by atoms with Crippen molar-refractivity contribution in [2.24, 2.45) is 0 Å². The van der Waals surface area contributed by atoms with E-state index in [9.17, 15) is 4.79 Å². The maximum absolute atomic E-state index is 12.5. The van der Waals surface area contributed by atoms with E-state index in [-0.39, 0.29) is 24.2 Å². The van der Waals surface area contributed by atoms with Gasteiger partial charge in [-0.3, -0.25) is 9.78 Å². The molecule has 5 heteroatoms. The molecule has 0 amide bonds. The zero-order chi connectivity index (χ0) is 18.6. The fourth-order valence-corrected chi connectivity index (χ4v) is 3.35. The average molecular weight is 362 g/mol. The summed E-state index contributed by atoms with van der Waals surface area (Å²) in [6, 6.07) is 17.3. The van der Waals surface area contributed by atoms with E-state index in [0.717, 1.165) is 22.1 Å². The summed E-state index contributed by atoms with van der Waals surface area (Å²) in [5.74, 6) is 0.564. The SMILES string of the molecule is C[C@@H](OC(=O)[C@@H]1C[C@@H](Oc2ccc3cnccc3c2)CN1)c1ccccc1. The molecular weight excluding hydrogens is 340 g/mol. The molecule has 0 radical (unpaired) electrons. The van der Waals surface area contributed by atoms with Crippen molar-refractivity contribution < 1.29 is 14.3 Å². The van der Waals surface area contributed by atoms with E-state index >= 15 is 0 Å². The second-order valence-corrected chi connectivity index (χ2v) is 6.81. The Hall–Kier alpha value is -2.92. The summed E-state index contributed by atoms with van der Waals surface area (Å²) in [4.78, 5) is 16.6. The number of benzene rings is 2. The first-order valence-corrected chi connectivity index (χ1v) is 9.18. The summed E-state index contributed by atoms with van der Waals surface area (Å²) < 4.78 is 11.7. The Kier molecular flexibility index (Phi) is 5.03. The van der Waals surface area contributed by atoms with E-state index in [1.807, 2.05) is 67.7 Å². The van der Waals surface area contributed by atoms with Gasteiger partial charge in [-0.25, -0.2) is 0 Å². The van der Waals surface area contributed by atoms with Gasteiger partial charge in [-0.2, -0.15) is 0 Å². The van der Waals surface area contributed by atoms with Crippen molar-refractivity contribution in [2.75, 3.05) is 6.54 Å². The van der Waals surface area contributed by atoms with Crippen molar-refractivity contribution in [3.8, 4) is 5.75 Å². The number of carbonyl (C=O) groups is 1. The van der Waals surface area contributed by atoms with Crippen LogP contribution in [-0.2, 0) is 9.53 Å². The lowest BCUT2D eigenvalue weighted by atomic mass is 10.1. The molecule has 0 unspecified atom stereocenters. The van der Waals surface area contributed by atoms with Gasteiger partial charge in [0, 0.05) is 30.7 Å². The van der Waals surface area contributed by atoms with E-state index in [4.69, 9.17) is 9.47 Å². The molecule has 1 aliphatic rings. The monoisotopic (exact) mass is 362 g/mol. The zero-order valence-electron chi connectivity index (χ0n) is 15.2. The molecule has 3 aromatic rings. The maximum Gasteiger partial charge on any atom is 0.323 e. The summed E-state index contributed by atoms with van der Waals surface area (Å²) in [6.45, 7) is 2.51. The van der Waals surface area contributed by atoms with Crippen LogP contribution < -0.4 is 10.1 Å². The minimum atomic E-state index is -0.342. The number of hydrogen-bond donors (Lipinski definition) is 1. The van der Waals surface area contributed by atoms with Crippen molar-refractivity contribution in [2.45, 2.75) is 31.6 Å². The summed E-state index contributed by atoms with van der Waals surface area (Å²) in [6.07, 6.45) is 3.86. The first kappa shape index (κ1) is 17.5. The number of fused-ring (bicyclic) bond motifs is 1. The Balaban J connectivity index is 1.34. The molecule has 0 bridgehead atoms. The van der Waals surface area contributed by atoms with Gasteiger partial charge in [0.05, 0.1) is 0 Å². The fraction of sp³-hybridized carbons (Fsp3) is 0.273. The number of rotatable bonds is 5. The van der Waals surface area contributed by atoms with Gasteiger partial charge in [0.2, 0.25) is 0 Å². The molecule has 27 heavy (non-hydrogen) atoms. The maximum atomic E-state index is 12.5. The molecule has 0 saturated carbocycles. The zero-order valence-corrected chi connectivity index (χ0v) is 15.2. The predicted molar refractivity (Wildman–Crippen MR) is 104 cm³/mol. The fourth-order valence-electron chi connectivity index (χ4n) is 3.35. The normalized spacial score (nSPS) is 20.3. The molecule has 1 aromatic heterocycles. The minimum absolute atomic E-state index is 0.0612. The number of esters is 1. The van der Waals surface area contributed by atoms with Crippen LogP contribution in [0.25, 0.3) is 10.8 Å². The molecule has 1 saturated heterocycles. The van der Waals surface area contributed by atoms with E-state index in [2.05, 4.69) is 10.3 Å². The van der Waals surface area contributed by atoms with E-state index < -0.39 is 0 Å². The van der Waals surface area contributed by atoms with E-state index in [0.29, 0.717) is 13.0 Å². The largest absolute Gasteiger partial charge is 0.489 e. The Morgan fingerprint density at radius 1 is 1.15 bits per heavy atom. The van der Waals surface area contributed by atoms with Gasteiger partial charge in [-0.15, -0.1) is 0 Å². The van der Waals surface area contributed by atoms with Gasteiger partial charge in [-0.05, 0) is 42.1 Å². The van der Waals surface area contributed by atoms with Crippen LogP contribution in [0.15, 0.2) is 67.0 Å². The molecule has 0 aliphatic carbocycles. The highest BCUT2D eigenvalue weighted by Crippen LogP contribution is 2.24. The molecule has 2 aromatic carbocycles. The summed E-state index contributed by atoms with van der Waals surface area (Å²) >= 11 is 0. The number of ether oxygens (including phenoxy) is 2. The highest BCUT2D eigenvalue weighted by molar-refractivity contribution is 5.82. The molecule has 0 spiro atoms. The van der Waals surface area contributed by atoms with Crippen LogP contribution in [0.4, 0.5) is 0 Å². The van der Waals surface area contributed by atoms with Crippen LogP contribution in [0.1, 0.15) is 25.0 Å². The minimum Gasteiger partial charge on any atom is -0.489 e. The van der Waals surface area contributed by atoms with Crippen LogP contribution in [-0.4, -0.2) is 29.6 Å². The van der Waals surface area contributed by atoms with Crippen molar-refractivity contribution in [1.29, 1.82) is 0 Å². The highest BCUT2D eigenvalue weighted by Gasteiger charge is 2.32. The number of nitrogens with zero attached hydrogens (tertiary/aromatic N) is 1. The molecule has 1 N–H and O–H groups in total. The second-order valence-electron chi connectivity index (χ2n) is 6.81. The van der Waals surface area contributed by atoms with Crippen molar-refractivity contribution >= 4 is 16.7 Å². The third-order valence-electron chi connectivity index (χ3n) is 4.85. The molecular formula is C22H22N2O3. The van der Waals surface area contributed by atoms with Crippen LogP contribution >= 0.6 is 0 Å². The summed E-state index contributed by atoms with van der Waals surface area (Å²) in [5.41, 5.74) is 0.988. The van der Waals surface area contributed by atoms with Gasteiger partial charge >= 0.3 is 5.97 Å². The van der Waals surface area contributed by atoms with Gasteiger partial charge in [0.15, 0.2) is 0 Å². The topological polar surface area (TPSA) is 60.5 Å². The van der Waals surface area contributed by atoms with E-state index in [1.165, 1.54) is 0 Å². The van der Waals surface area contributed by atoms with E-state index in [1.54, 1.807) is 6.20 Å². The highest BCUT2D eigenvalue weighted by atomic mass is 16.5. The van der Waals surface area contributed by atoms with Crippen molar-refractivity contribution in [3.05, 3.63) is 72.6 Å². The van der Waals surface area contributed by atoms with Gasteiger partial charge in [0.1, 0.15) is 24.0 Å². The number of aromatic nitrogens is 1. The third kappa shape index (κ3) is 4.09. The summed E-state index contributed by atoms with van der Waals surface area (Å²) in [7, 11) is 0. The first-order chi connectivity index (χ1) is 13.2. The lowest BCUT2D eigenvalue weighted by molar-refractivity contribution is -0.150. The average Bonchev–Trinajstić information content (AvgIpc) is 3.17. The van der Waals surface area contributed by atoms with Gasteiger partial charge < -0.3 is 14.8 Å². The number of nitrogens with one attached hydrogen (secondary N) is 1. The Labute approximate surface area is 158 Å². The molecule has 1 aliphatic heterocycles. The number of hydrogen-bond acceptors (Lipinski definition) is 5. The summed E-state index contributed by atoms with van der Waals surface area (Å²) in [5, 5.41) is 5.37. The van der Waals surface area contributed by atoms with Crippen molar-refractivity contribution in [1.82, 2.24) is 10.3 Å². The predicted octanol–water partition coefficient (Wildman–Crippen LogP) is 3.65. The van der Waals surface area contributed by atoms with Crippen molar-refractivity contribution in [3.63, 3.8) is 0 Å². The lowest BCUT2D eigenvalue weighted by Gasteiger charge is -2.17. The molecule has 138 valence electrons. The van der Waals surface area contributed by atoms with Crippen LogP contribution in [0.3, 0.4) is 0 Å². The molecule has 1 fully saturated rings. The number of carbonyl (C=O) groups excluding carboxylic acids is 1. The quantitative estimate of drug-likeness (QED) is 0.702. The Bertz CT molecular complexity index is 929. The Morgan fingerprint density at radius 2 is 2.00 bits per heavy atom. The van der Waals surface area contributed by atoms with Crippen LogP contribution in [0.5, 0.6) is 5.75 Å². The molecule has 4 rings (SSSR count). The molecule has 2 heterocycles. The second kappa shape index (κ2) is 7.76. The molecule has 5 nitrogen and oxygen atoms in total. The number of pyridine rings is 1. The Morgan fingerprint density at radius 3 is 2.85 bits per heavy atom. The van der Waals surface area contributed by atoms with Crippen LogP contribution in [0.2, 0.25) is 0 Å². The van der Waals surface area contributed by atoms with Gasteiger partial charge in [0.25, 0.3) is 0 Å². The first-order valence-electron chi connectivity index (χ1n) is 9.18. The standard InChI is InChI=1S/C22H22N2O3/c1-15(16-5-3-2-4-6-16)26-22(25)21-12-20(14-24-21)27-19-8-7-18-13-23-10-9-17(18)11-19/h2-11,13,15,20-21,24H,12,14H2,1H3/t15-,20-,21+/m1/s1. The smallest absolute Gasteiger partial charge is 0.323 e. The third-order valence-corrected chi connectivity index (χ3v) is 4.85. The molecule has 3 atom stereocenters. The lowest BCUT2D eigenvalue weighted by Crippen LogP contribution is -2.32.